The SMILES string of the molecule is C[C@@H]1CN(C(=O)CSc2nnc(-c3cc(-c4ccc(Cl)cc4)nc4ccccc34)o2)C[C@H](C)O1. The van der Waals surface area contributed by atoms with Gasteiger partial charge in [-0.25, -0.2) is 4.98 Å². The Morgan fingerprint density at radius 1 is 1.09 bits per heavy atom. The number of halogens is 1. The number of aromatic nitrogens is 3. The predicted octanol–water partition coefficient (Wildman–Crippen LogP) is 5.33. The van der Waals surface area contributed by atoms with Crippen molar-refractivity contribution in [2.75, 3.05) is 18.8 Å². The van der Waals surface area contributed by atoms with Gasteiger partial charge in [-0.15, -0.1) is 10.2 Å². The second-order valence-electron chi connectivity index (χ2n) is 8.30. The summed E-state index contributed by atoms with van der Waals surface area (Å²) in [5, 5.41) is 10.4. The molecule has 1 aliphatic heterocycles. The van der Waals surface area contributed by atoms with Gasteiger partial charge in [-0.2, -0.15) is 0 Å². The smallest absolute Gasteiger partial charge is 0.277 e. The summed E-state index contributed by atoms with van der Waals surface area (Å²) in [6.07, 6.45) is 0.0602. The third kappa shape index (κ3) is 4.94. The Bertz CT molecular complexity index is 1320. The van der Waals surface area contributed by atoms with Gasteiger partial charge in [0.1, 0.15) is 0 Å². The normalized spacial score (nSPS) is 18.4. The van der Waals surface area contributed by atoms with E-state index in [2.05, 4.69) is 10.2 Å². The van der Waals surface area contributed by atoms with Crippen molar-refractivity contribution < 1.29 is 13.9 Å². The molecular formula is C25H23ClN4O3S. The van der Waals surface area contributed by atoms with Crippen LogP contribution in [-0.4, -0.2) is 57.0 Å². The van der Waals surface area contributed by atoms with Crippen LogP contribution in [0.4, 0.5) is 0 Å². The van der Waals surface area contributed by atoms with E-state index in [9.17, 15) is 4.79 Å². The van der Waals surface area contributed by atoms with Gasteiger partial charge in [-0.3, -0.25) is 4.79 Å². The third-order valence-corrected chi connectivity index (χ3v) is 6.64. The molecule has 174 valence electrons. The fourth-order valence-electron chi connectivity index (χ4n) is 4.09. The monoisotopic (exact) mass is 494 g/mol. The number of carbonyl (C=O) groups excluding carboxylic acids is 1. The number of hydrogen-bond acceptors (Lipinski definition) is 7. The average Bonchev–Trinajstić information content (AvgIpc) is 3.30. The van der Waals surface area contributed by atoms with E-state index in [0.717, 1.165) is 27.7 Å². The van der Waals surface area contributed by atoms with Gasteiger partial charge in [0, 0.05) is 29.1 Å². The Morgan fingerprint density at radius 2 is 1.82 bits per heavy atom. The molecule has 0 bridgehead atoms. The lowest BCUT2D eigenvalue weighted by atomic mass is 10.0. The Balaban J connectivity index is 1.39. The Labute approximate surface area is 206 Å². The quantitative estimate of drug-likeness (QED) is 0.347. The summed E-state index contributed by atoms with van der Waals surface area (Å²) in [6, 6.07) is 17.3. The van der Waals surface area contributed by atoms with E-state index in [1.807, 2.05) is 73.3 Å². The second kappa shape index (κ2) is 9.74. The molecule has 7 nitrogen and oxygen atoms in total. The number of rotatable bonds is 5. The number of hydrogen-bond donors (Lipinski definition) is 0. The van der Waals surface area contributed by atoms with Gasteiger partial charge in [0.2, 0.25) is 11.8 Å². The highest BCUT2D eigenvalue weighted by molar-refractivity contribution is 7.99. The molecule has 34 heavy (non-hydrogen) atoms. The van der Waals surface area contributed by atoms with Crippen molar-refractivity contribution in [2.24, 2.45) is 0 Å². The fourth-order valence-corrected chi connectivity index (χ4v) is 4.89. The number of benzene rings is 2. The van der Waals surface area contributed by atoms with E-state index in [1.165, 1.54) is 11.8 Å². The molecule has 1 amide bonds. The number of pyridine rings is 1. The van der Waals surface area contributed by atoms with Crippen LogP contribution in [0.3, 0.4) is 0 Å². The van der Waals surface area contributed by atoms with E-state index in [-0.39, 0.29) is 23.9 Å². The molecule has 9 heteroatoms. The lowest BCUT2D eigenvalue weighted by Gasteiger charge is -2.35. The molecule has 0 N–H and O–H groups in total. The maximum atomic E-state index is 12.7. The molecular weight excluding hydrogens is 472 g/mol. The van der Waals surface area contributed by atoms with Crippen molar-refractivity contribution in [3.8, 4) is 22.7 Å². The first-order valence-electron chi connectivity index (χ1n) is 11.0. The summed E-state index contributed by atoms with van der Waals surface area (Å²) in [5.41, 5.74) is 3.33. The lowest BCUT2D eigenvalue weighted by Crippen LogP contribution is -2.48. The highest BCUT2D eigenvalue weighted by Crippen LogP contribution is 2.33. The molecule has 5 rings (SSSR count). The summed E-state index contributed by atoms with van der Waals surface area (Å²) in [6.45, 7) is 5.14. The maximum absolute atomic E-state index is 12.7. The van der Waals surface area contributed by atoms with Gasteiger partial charge < -0.3 is 14.1 Å². The molecule has 0 unspecified atom stereocenters. The summed E-state index contributed by atoms with van der Waals surface area (Å²) < 4.78 is 11.7. The van der Waals surface area contributed by atoms with E-state index < -0.39 is 0 Å². The minimum atomic E-state index is 0.0301. The number of nitrogens with zero attached hydrogens (tertiary/aromatic N) is 4. The topological polar surface area (TPSA) is 81.4 Å². The van der Waals surface area contributed by atoms with Crippen LogP contribution in [0.2, 0.25) is 5.02 Å². The highest BCUT2D eigenvalue weighted by Gasteiger charge is 2.26. The van der Waals surface area contributed by atoms with Crippen molar-refractivity contribution in [3.63, 3.8) is 0 Å². The Kier molecular flexibility index (Phi) is 6.54. The van der Waals surface area contributed by atoms with Crippen LogP contribution in [0.5, 0.6) is 0 Å². The van der Waals surface area contributed by atoms with E-state index in [4.69, 9.17) is 25.7 Å². The molecule has 0 radical (unpaired) electrons. The first-order valence-corrected chi connectivity index (χ1v) is 12.4. The zero-order chi connectivity index (χ0) is 23.7. The standard InChI is InChI=1S/C25H23ClN4O3S/c1-15-12-30(13-16(2)32-15)23(31)14-34-25-29-28-24(33-25)20-11-22(17-7-9-18(26)10-8-17)27-21-6-4-3-5-19(20)21/h3-11,15-16H,12-14H2,1-2H3/t15-,16+. The largest absolute Gasteiger partial charge is 0.411 e. The van der Waals surface area contributed by atoms with Crippen LogP contribution < -0.4 is 0 Å². The Hall–Kier alpha value is -2.94. The maximum Gasteiger partial charge on any atom is 0.277 e. The fraction of sp³-hybridized carbons (Fsp3) is 0.280. The van der Waals surface area contributed by atoms with E-state index in [1.54, 1.807) is 0 Å². The average molecular weight is 495 g/mol. The van der Waals surface area contributed by atoms with Gasteiger partial charge in [-0.05, 0) is 38.1 Å². The van der Waals surface area contributed by atoms with Gasteiger partial charge in [-0.1, -0.05) is 53.7 Å². The number of morpholine rings is 1. The molecule has 2 aromatic carbocycles. The summed E-state index contributed by atoms with van der Waals surface area (Å²) >= 11 is 7.30. The van der Waals surface area contributed by atoms with E-state index in [0.29, 0.717) is 29.2 Å². The van der Waals surface area contributed by atoms with Gasteiger partial charge in [0.05, 0.1) is 34.7 Å². The minimum absolute atomic E-state index is 0.0301. The van der Waals surface area contributed by atoms with Crippen LogP contribution in [0, 0.1) is 0 Å². The van der Waals surface area contributed by atoms with Gasteiger partial charge in [0.15, 0.2) is 0 Å². The third-order valence-electron chi connectivity index (χ3n) is 5.58. The highest BCUT2D eigenvalue weighted by atomic mass is 35.5. The first kappa shape index (κ1) is 22.8. The van der Waals surface area contributed by atoms with Crippen molar-refractivity contribution in [1.29, 1.82) is 0 Å². The van der Waals surface area contributed by atoms with Crippen LogP contribution in [0.1, 0.15) is 13.8 Å². The van der Waals surface area contributed by atoms with E-state index >= 15 is 0 Å². The molecule has 1 saturated heterocycles. The molecule has 0 aliphatic carbocycles. The van der Waals surface area contributed by atoms with Crippen molar-refractivity contribution >= 4 is 40.2 Å². The summed E-state index contributed by atoms with van der Waals surface area (Å²) in [7, 11) is 0. The van der Waals surface area contributed by atoms with Crippen molar-refractivity contribution in [3.05, 3.63) is 59.6 Å². The van der Waals surface area contributed by atoms with Crippen LogP contribution >= 0.6 is 23.4 Å². The molecule has 2 aromatic heterocycles. The summed E-state index contributed by atoms with van der Waals surface area (Å²) in [5.74, 6) is 0.650. The summed E-state index contributed by atoms with van der Waals surface area (Å²) in [4.78, 5) is 19.3. The first-order chi connectivity index (χ1) is 16.5. The number of amides is 1. The number of para-hydroxylation sites is 1. The van der Waals surface area contributed by atoms with Crippen LogP contribution in [0.15, 0.2) is 64.2 Å². The number of fused-ring (bicyclic) bond motifs is 1. The molecule has 0 spiro atoms. The van der Waals surface area contributed by atoms with Crippen molar-refractivity contribution in [1.82, 2.24) is 20.1 Å². The van der Waals surface area contributed by atoms with Crippen molar-refractivity contribution in [2.45, 2.75) is 31.3 Å². The lowest BCUT2D eigenvalue weighted by molar-refractivity contribution is -0.140. The minimum Gasteiger partial charge on any atom is -0.411 e. The number of ether oxygens (including phenoxy) is 1. The predicted molar refractivity (Wildman–Crippen MR) is 133 cm³/mol. The second-order valence-corrected chi connectivity index (χ2v) is 9.66. The molecule has 1 aliphatic rings. The zero-order valence-electron chi connectivity index (χ0n) is 18.8. The molecule has 0 saturated carbocycles. The number of thioether (sulfide) groups is 1. The zero-order valence-corrected chi connectivity index (χ0v) is 20.3. The Morgan fingerprint density at radius 3 is 2.59 bits per heavy atom. The van der Waals surface area contributed by atoms with Gasteiger partial charge in [0.25, 0.3) is 5.22 Å². The van der Waals surface area contributed by atoms with Crippen LogP contribution in [0.25, 0.3) is 33.6 Å². The van der Waals surface area contributed by atoms with Gasteiger partial charge >= 0.3 is 0 Å². The molecule has 3 heterocycles. The number of carbonyl (C=O) groups is 1. The van der Waals surface area contributed by atoms with Crippen LogP contribution in [-0.2, 0) is 9.53 Å². The molecule has 2 atom stereocenters. The molecule has 4 aromatic rings. The molecule has 1 fully saturated rings.